The molecule has 16 heavy (non-hydrogen) atoms. The lowest BCUT2D eigenvalue weighted by molar-refractivity contribution is 0.102. The Morgan fingerprint density at radius 1 is 1.38 bits per heavy atom. The molecule has 0 aliphatic carbocycles. The van der Waals surface area contributed by atoms with E-state index < -0.39 is 0 Å². The van der Waals surface area contributed by atoms with Crippen molar-refractivity contribution in [3.05, 3.63) is 24.0 Å². The summed E-state index contributed by atoms with van der Waals surface area (Å²) in [7, 11) is 1.75. The number of nitrogens with one attached hydrogen (secondary N) is 1. The molecule has 0 fully saturated rings. The second kappa shape index (κ2) is 6.71. The first-order chi connectivity index (χ1) is 7.63. The van der Waals surface area contributed by atoms with Crippen LogP contribution in [0.3, 0.4) is 0 Å². The second-order valence-electron chi connectivity index (χ2n) is 4.72. The summed E-state index contributed by atoms with van der Waals surface area (Å²) < 4.78 is 7.53. The van der Waals surface area contributed by atoms with Crippen LogP contribution in [0.4, 0.5) is 0 Å². The number of aromatic nitrogens is 1. The van der Waals surface area contributed by atoms with Crippen molar-refractivity contribution in [2.75, 3.05) is 13.7 Å². The van der Waals surface area contributed by atoms with Gasteiger partial charge >= 0.3 is 0 Å². The van der Waals surface area contributed by atoms with Crippen molar-refractivity contribution in [2.24, 2.45) is 5.92 Å². The van der Waals surface area contributed by atoms with Crippen molar-refractivity contribution in [1.29, 1.82) is 0 Å². The van der Waals surface area contributed by atoms with E-state index in [0.717, 1.165) is 19.6 Å². The highest BCUT2D eigenvalue weighted by Crippen LogP contribution is 2.05. The molecule has 1 heterocycles. The fraction of sp³-hybridized carbons (Fsp3) is 0.692. The molecule has 0 aromatic carbocycles. The molecule has 1 aromatic heterocycles. The van der Waals surface area contributed by atoms with E-state index in [1.54, 1.807) is 7.11 Å². The predicted octanol–water partition coefficient (Wildman–Crippen LogP) is 2.27. The molecule has 0 aliphatic rings. The Kier molecular flexibility index (Phi) is 5.56. The van der Waals surface area contributed by atoms with Crippen LogP contribution in [0.1, 0.15) is 26.5 Å². The number of nitrogens with zero attached hydrogens (tertiary/aromatic N) is 1. The quantitative estimate of drug-likeness (QED) is 0.769. The fourth-order valence-electron chi connectivity index (χ4n) is 1.63. The lowest BCUT2D eigenvalue weighted by atomic mass is 10.2. The van der Waals surface area contributed by atoms with Gasteiger partial charge in [-0.25, -0.2) is 0 Å². The first-order valence-corrected chi connectivity index (χ1v) is 6.01. The molecular weight excluding hydrogens is 200 g/mol. The highest BCUT2D eigenvalue weighted by Gasteiger charge is 2.05. The zero-order chi connectivity index (χ0) is 12.0. The molecule has 0 radical (unpaired) electrons. The average molecular weight is 224 g/mol. The second-order valence-corrected chi connectivity index (χ2v) is 4.72. The van der Waals surface area contributed by atoms with Gasteiger partial charge in [0.1, 0.15) is 0 Å². The maximum atomic E-state index is 5.28. The molecule has 0 spiro atoms. The summed E-state index contributed by atoms with van der Waals surface area (Å²) in [5.41, 5.74) is 1.32. The lowest BCUT2D eigenvalue weighted by Gasteiger charge is -2.15. The van der Waals surface area contributed by atoms with Gasteiger partial charge in [-0.05, 0) is 31.5 Å². The van der Waals surface area contributed by atoms with Crippen molar-refractivity contribution < 1.29 is 4.74 Å². The van der Waals surface area contributed by atoms with E-state index in [9.17, 15) is 0 Å². The summed E-state index contributed by atoms with van der Waals surface area (Å²) in [5, 5.41) is 3.46. The minimum absolute atomic E-state index is 0.260. The molecule has 0 aliphatic heterocycles. The minimum atomic E-state index is 0.260. The van der Waals surface area contributed by atoms with Crippen LogP contribution in [0.2, 0.25) is 0 Å². The van der Waals surface area contributed by atoms with Crippen LogP contribution >= 0.6 is 0 Å². The molecule has 0 amide bonds. The summed E-state index contributed by atoms with van der Waals surface area (Å²) in [6, 6.07) is 4.25. The number of rotatable bonds is 7. The largest absolute Gasteiger partial charge is 0.380 e. The number of hydrogen-bond donors (Lipinski definition) is 1. The molecule has 0 bridgehead atoms. The monoisotopic (exact) mass is 224 g/mol. The van der Waals surface area contributed by atoms with Crippen LogP contribution in [0.25, 0.3) is 0 Å². The summed E-state index contributed by atoms with van der Waals surface area (Å²) in [6.45, 7) is 9.44. The molecule has 1 N–H and O–H groups in total. The Morgan fingerprint density at radius 3 is 2.75 bits per heavy atom. The van der Waals surface area contributed by atoms with Gasteiger partial charge in [-0.1, -0.05) is 13.8 Å². The Balaban J connectivity index is 2.44. The van der Waals surface area contributed by atoms with Gasteiger partial charge in [0, 0.05) is 32.1 Å². The highest BCUT2D eigenvalue weighted by atomic mass is 16.5. The van der Waals surface area contributed by atoms with Gasteiger partial charge in [0.2, 0.25) is 0 Å². The standard InChI is InChI=1S/C13H24N2O/c1-11(2)8-14-9-13-6-5-7-15(13)10-12(3)16-4/h5-7,11-12,14H,8-10H2,1-4H3. The zero-order valence-corrected chi connectivity index (χ0v) is 10.9. The van der Waals surface area contributed by atoms with Crippen molar-refractivity contribution in [3.63, 3.8) is 0 Å². The number of ether oxygens (including phenoxy) is 1. The smallest absolute Gasteiger partial charge is 0.0722 e. The Labute approximate surface area is 98.8 Å². The molecule has 0 saturated heterocycles. The van der Waals surface area contributed by atoms with E-state index >= 15 is 0 Å². The Hall–Kier alpha value is -0.800. The molecule has 1 unspecified atom stereocenters. The molecule has 1 rings (SSSR count). The van der Waals surface area contributed by atoms with Gasteiger partial charge < -0.3 is 14.6 Å². The van der Waals surface area contributed by atoms with Crippen molar-refractivity contribution in [2.45, 2.75) is 40.0 Å². The molecule has 3 heteroatoms. The van der Waals surface area contributed by atoms with E-state index in [1.807, 2.05) is 0 Å². The molecule has 92 valence electrons. The van der Waals surface area contributed by atoms with E-state index in [4.69, 9.17) is 4.74 Å². The maximum absolute atomic E-state index is 5.28. The van der Waals surface area contributed by atoms with Crippen LogP contribution in [-0.2, 0) is 17.8 Å². The zero-order valence-electron chi connectivity index (χ0n) is 10.9. The van der Waals surface area contributed by atoms with Crippen LogP contribution in [-0.4, -0.2) is 24.3 Å². The SMILES string of the molecule is COC(C)Cn1cccc1CNCC(C)C. The third-order valence-electron chi connectivity index (χ3n) is 2.64. The van der Waals surface area contributed by atoms with Crippen LogP contribution in [0, 0.1) is 5.92 Å². The molecule has 3 nitrogen and oxygen atoms in total. The Bertz CT molecular complexity index is 294. The van der Waals surface area contributed by atoms with Crippen LogP contribution < -0.4 is 5.32 Å². The minimum Gasteiger partial charge on any atom is -0.380 e. The van der Waals surface area contributed by atoms with Gasteiger partial charge in [-0.3, -0.25) is 0 Å². The summed E-state index contributed by atoms with van der Waals surface area (Å²) >= 11 is 0. The third-order valence-corrected chi connectivity index (χ3v) is 2.64. The molecule has 1 atom stereocenters. The summed E-state index contributed by atoms with van der Waals surface area (Å²) in [4.78, 5) is 0. The van der Waals surface area contributed by atoms with Gasteiger partial charge in [-0.15, -0.1) is 0 Å². The first kappa shape index (κ1) is 13.3. The van der Waals surface area contributed by atoms with Crippen molar-refractivity contribution >= 4 is 0 Å². The first-order valence-electron chi connectivity index (χ1n) is 6.01. The van der Waals surface area contributed by atoms with E-state index in [2.05, 4.69) is 49.0 Å². The Morgan fingerprint density at radius 2 is 2.12 bits per heavy atom. The summed E-state index contributed by atoms with van der Waals surface area (Å²) in [6.07, 6.45) is 2.37. The fourth-order valence-corrected chi connectivity index (χ4v) is 1.63. The maximum Gasteiger partial charge on any atom is 0.0722 e. The van der Waals surface area contributed by atoms with Crippen LogP contribution in [0.5, 0.6) is 0 Å². The number of hydrogen-bond acceptors (Lipinski definition) is 2. The van der Waals surface area contributed by atoms with E-state index in [-0.39, 0.29) is 6.10 Å². The molecular formula is C13H24N2O. The van der Waals surface area contributed by atoms with Gasteiger partial charge in [0.05, 0.1) is 6.10 Å². The van der Waals surface area contributed by atoms with E-state index in [1.165, 1.54) is 5.69 Å². The van der Waals surface area contributed by atoms with Crippen molar-refractivity contribution in [1.82, 2.24) is 9.88 Å². The van der Waals surface area contributed by atoms with Crippen molar-refractivity contribution in [3.8, 4) is 0 Å². The van der Waals surface area contributed by atoms with E-state index in [0.29, 0.717) is 5.92 Å². The highest BCUT2D eigenvalue weighted by molar-refractivity contribution is 5.07. The lowest BCUT2D eigenvalue weighted by Crippen LogP contribution is -2.22. The molecule has 0 saturated carbocycles. The van der Waals surface area contributed by atoms with Gasteiger partial charge in [-0.2, -0.15) is 0 Å². The normalized spacial score (nSPS) is 13.3. The third kappa shape index (κ3) is 4.37. The predicted molar refractivity (Wildman–Crippen MR) is 67.4 cm³/mol. The topological polar surface area (TPSA) is 26.2 Å². The average Bonchev–Trinajstić information content (AvgIpc) is 2.65. The van der Waals surface area contributed by atoms with Gasteiger partial charge in [0.25, 0.3) is 0 Å². The van der Waals surface area contributed by atoms with Gasteiger partial charge in [0.15, 0.2) is 0 Å². The summed E-state index contributed by atoms with van der Waals surface area (Å²) in [5.74, 6) is 0.696. The molecule has 1 aromatic rings. The van der Waals surface area contributed by atoms with Crippen LogP contribution in [0.15, 0.2) is 18.3 Å². The number of methoxy groups -OCH3 is 1.